The van der Waals surface area contributed by atoms with Crippen LogP contribution in [0.2, 0.25) is 10.0 Å². The predicted molar refractivity (Wildman–Crippen MR) is 103 cm³/mol. The number of fused-ring (bicyclic) bond motifs is 2. The molecule has 4 aromatic rings. The molecule has 0 amide bonds. The Morgan fingerprint density at radius 2 is 1.88 bits per heavy atom. The fourth-order valence-corrected chi connectivity index (χ4v) is 3.58. The molecular formula is C20H13Cl2NO3. The summed E-state index contributed by atoms with van der Waals surface area (Å²) in [6, 6.07) is 10.3. The van der Waals surface area contributed by atoms with Gasteiger partial charge in [-0.1, -0.05) is 35.3 Å². The first-order valence-electron chi connectivity index (χ1n) is 7.88. The van der Waals surface area contributed by atoms with Gasteiger partial charge in [-0.15, -0.1) is 0 Å². The third-order valence-corrected chi connectivity index (χ3v) is 5.02. The van der Waals surface area contributed by atoms with Crippen LogP contribution in [0, 0.1) is 13.8 Å². The molecule has 1 N–H and O–H groups in total. The lowest BCUT2D eigenvalue weighted by atomic mass is 10.0. The van der Waals surface area contributed by atoms with E-state index in [-0.39, 0.29) is 5.56 Å². The predicted octanol–water partition coefficient (Wildman–Crippen LogP) is 6.27. The number of carbonyl (C=O) groups is 1. The lowest BCUT2D eigenvalue weighted by Gasteiger charge is -2.09. The number of aryl methyl sites for hydroxylation is 2. The SMILES string of the molecule is Cc1ccc2c(C(=O)O)cc(-c3cc4cc(Cl)cc(Cl)c4o3)nc2c1C. The van der Waals surface area contributed by atoms with Crippen molar-refractivity contribution in [2.75, 3.05) is 0 Å². The van der Waals surface area contributed by atoms with Gasteiger partial charge >= 0.3 is 5.97 Å². The minimum absolute atomic E-state index is 0.178. The fraction of sp³-hybridized carbons (Fsp3) is 0.100. The summed E-state index contributed by atoms with van der Waals surface area (Å²) in [6.07, 6.45) is 0. The first kappa shape index (κ1) is 16.9. The summed E-state index contributed by atoms with van der Waals surface area (Å²) in [5.41, 5.74) is 3.72. The molecule has 2 aromatic heterocycles. The molecule has 0 spiro atoms. The summed E-state index contributed by atoms with van der Waals surface area (Å²) in [7, 11) is 0. The van der Waals surface area contributed by atoms with Gasteiger partial charge in [-0.3, -0.25) is 0 Å². The summed E-state index contributed by atoms with van der Waals surface area (Å²) < 4.78 is 5.85. The number of benzene rings is 2. The Labute approximate surface area is 159 Å². The second kappa shape index (κ2) is 6.01. The van der Waals surface area contributed by atoms with Gasteiger partial charge in [0.2, 0.25) is 0 Å². The van der Waals surface area contributed by atoms with Crippen LogP contribution in [-0.4, -0.2) is 16.1 Å². The van der Waals surface area contributed by atoms with Crippen LogP contribution in [0.4, 0.5) is 0 Å². The van der Waals surface area contributed by atoms with E-state index in [9.17, 15) is 9.90 Å². The molecule has 0 saturated heterocycles. The van der Waals surface area contributed by atoms with E-state index < -0.39 is 5.97 Å². The molecular weight excluding hydrogens is 373 g/mol. The van der Waals surface area contributed by atoms with Gasteiger partial charge in [-0.05, 0) is 49.2 Å². The number of furan rings is 1. The average Bonchev–Trinajstić information content (AvgIpc) is 3.01. The van der Waals surface area contributed by atoms with E-state index in [1.165, 1.54) is 6.07 Å². The number of carboxylic acid groups (broad SMARTS) is 1. The first-order valence-corrected chi connectivity index (χ1v) is 8.64. The van der Waals surface area contributed by atoms with Crippen molar-refractivity contribution >= 4 is 51.0 Å². The molecule has 0 atom stereocenters. The number of hydrogen-bond acceptors (Lipinski definition) is 3. The minimum Gasteiger partial charge on any atom is -0.478 e. The van der Waals surface area contributed by atoms with Crippen LogP contribution in [0.25, 0.3) is 33.3 Å². The van der Waals surface area contributed by atoms with Gasteiger partial charge in [0.05, 0.1) is 16.1 Å². The summed E-state index contributed by atoms with van der Waals surface area (Å²) in [6.45, 7) is 3.89. The number of pyridine rings is 1. The van der Waals surface area contributed by atoms with Crippen LogP contribution < -0.4 is 0 Å². The van der Waals surface area contributed by atoms with Gasteiger partial charge in [-0.2, -0.15) is 0 Å². The second-order valence-corrected chi connectivity index (χ2v) is 7.02. The molecule has 6 heteroatoms. The van der Waals surface area contributed by atoms with Gasteiger partial charge in [-0.25, -0.2) is 9.78 Å². The minimum atomic E-state index is -1.01. The van der Waals surface area contributed by atoms with Gasteiger partial charge in [0, 0.05) is 15.8 Å². The van der Waals surface area contributed by atoms with Crippen molar-refractivity contribution in [3.8, 4) is 11.5 Å². The maximum Gasteiger partial charge on any atom is 0.336 e. The van der Waals surface area contributed by atoms with Gasteiger partial charge in [0.25, 0.3) is 0 Å². The Morgan fingerprint density at radius 3 is 2.62 bits per heavy atom. The highest BCUT2D eigenvalue weighted by Gasteiger charge is 2.18. The highest BCUT2D eigenvalue weighted by Crippen LogP contribution is 2.35. The van der Waals surface area contributed by atoms with E-state index in [2.05, 4.69) is 4.98 Å². The molecule has 4 rings (SSSR count). The Hall–Kier alpha value is -2.56. The van der Waals surface area contributed by atoms with Crippen molar-refractivity contribution in [3.05, 3.63) is 63.1 Å². The summed E-state index contributed by atoms with van der Waals surface area (Å²) in [5.74, 6) is -0.575. The van der Waals surface area contributed by atoms with Crippen LogP contribution in [0.15, 0.2) is 40.8 Å². The van der Waals surface area contributed by atoms with Crippen LogP contribution in [0.3, 0.4) is 0 Å². The molecule has 0 bridgehead atoms. The second-order valence-electron chi connectivity index (χ2n) is 6.18. The smallest absolute Gasteiger partial charge is 0.336 e. The third-order valence-electron chi connectivity index (χ3n) is 4.52. The Bertz CT molecular complexity index is 1210. The molecule has 0 aliphatic rings. The van der Waals surface area contributed by atoms with E-state index in [4.69, 9.17) is 27.6 Å². The molecule has 26 heavy (non-hydrogen) atoms. The lowest BCUT2D eigenvalue weighted by Crippen LogP contribution is -2.01. The maximum atomic E-state index is 11.8. The van der Waals surface area contributed by atoms with Gasteiger partial charge in [0.15, 0.2) is 11.3 Å². The van der Waals surface area contributed by atoms with Gasteiger partial charge < -0.3 is 9.52 Å². The number of rotatable bonds is 2. The first-order chi connectivity index (χ1) is 12.3. The number of carboxylic acids is 1. The Balaban J connectivity index is 2.04. The molecule has 0 unspecified atom stereocenters. The average molecular weight is 386 g/mol. The standard InChI is InChI=1S/C20H13Cl2NO3/c1-9-3-4-13-14(20(24)25)8-16(23-18(13)10(9)2)17-6-11-5-12(21)7-15(22)19(11)26-17/h3-8H,1-2H3,(H,24,25). The van der Waals surface area contributed by atoms with Crippen molar-refractivity contribution in [1.82, 2.24) is 4.98 Å². The zero-order valence-electron chi connectivity index (χ0n) is 13.9. The van der Waals surface area contributed by atoms with E-state index in [0.717, 1.165) is 16.5 Å². The van der Waals surface area contributed by atoms with Crippen molar-refractivity contribution in [2.24, 2.45) is 0 Å². The Kier molecular flexibility index (Phi) is 3.90. The topological polar surface area (TPSA) is 63.3 Å². The molecule has 0 saturated carbocycles. The van der Waals surface area contributed by atoms with E-state index in [1.807, 2.05) is 19.9 Å². The molecule has 0 radical (unpaired) electrons. The molecule has 2 heterocycles. The quantitative estimate of drug-likeness (QED) is 0.441. The van der Waals surface area contributed by atoms with E-state index in [0.29, 0.717) is 38.0 Å². The zero-order chi connectivity index (χ0) is 18.6. The number of hydrogen-bond donors (Lipinski definition) is 1. The van der Waals surface area contributed by atoms with Gasteiger partial charge in [0.1, 0.15) is 5.69 Å². The molecule has 4 nitrogen and oxygen atoms in total. The van der Waals surface area contributed by atoms with Crippen LogP contribution in [0.1, 0.15) is 21.5 Å². The number of aromatic nitrogens is 1. The van der Waals surface area contributed by atoms with E-state index in [1.54, 1.807) is 24.3 Å². The van der Waals surface area contributed by atoms with Crippen LogP contribution >= 0.6 is 23.2 Å². The monoisotopic (exact) mass is 385 g/mol. The lowest BCUT2D eigenvalue weighted by molar-refractivity contribution is 0.0699. The zero-order valence-corrected chi connectivity index (χ0v) is 15.4. The van der Waals surface area contributed by atoms with E-state index >= 15 is 0 Å². The molecule has 0 aliphatic carbocycles. The maximum absolute atomic E-state index is 11.8. The van der Waals surface area contributed by atoms with Crippen molar-refractivity contribution in [1.29, 1.82) is 0 Å². The van der Waals surface area contributed by atoms with Crippen molar-refractivity contribution < 1.29 is 14.3 Å². The normalized spacial score (nSPS) is 11.4. The summed E-state index contributed by atoms with van der Waals surface area (Å²) in [5, 5.41) is 11.9. The van der Waals surface area contributed by atoms with Crippen LogP contribution in [-0.2, 0) is 0 Å². The number of aromatic carboxylic acids is 1. The Morgan fingerprint density at radius 1 is 1.12 bits per heavy atom. The summed E-state index contributed by atoms with van der Waals surface area (Å²) in [4.78, 5) is 16.4. The third kappa shape index (κ3) is 2.62. The van der Waals surface area contributed by atoms with Crippen LogP contribution in [0.5, 0.6) is 0 Å². The highest BCUT2D eigenvalue weighted by atomic mass is 35.5. The highest BCUT2D eigenvalue weighted by molar-refractivity contribution is 6.38. The number of nitrogens with zero attached hydrogens (tertiary/aromatic N) is 1. The number of halogens is 2. The molecule has 2 aromatic carbocycles. The molecule has 0 aliphatic heterocycles. The van der Waals surface area contributed by atoms with Crippen molar-refractivity contribution in [3.63, 3.8) is 0 Å². The molecule has 130 valence electrons. The fourth-order valence-electron chi connectivity index (χ4n) is 3.03. The molecule has 0 fully saturated rings. The largest absolute Gasteiger partial charge is 0.478 e. The summed E-state index contributed by atoms with van der Waals surface area (Å²) >= 11 is 12.2. The van der Waals surface area contributed by atoms with Crippen molar-refractivity contribution in [2.45, 2.75) is 13.8 Å².